The number of esters is 2. The molecule has 6 heteroatoms. The molecule has 2 rings (SSSR count). The first-order valence-electron chi connectivity index (χ1n) is 5.62. The van der Waals surface area contributed by atoms with Crippen LogP contribution in [0.2, 0.25) is 0 Å². The molecule has 0 radical (unpaired) electrons. The van der Waals surface area contributed by atoms with Gasteiger partial charge >= 0.3 is 11.9 Å². The van der Waals surface area contributed by atoms with Crippen molar-refractivity contribution in [2.75, 3.05) is 14.2 Å². The van der Waals surface area contributed by atoms with E-state index in [0.29, 0.717) is 6.42 Å². The molecule has 1 saturated heterocycles. The third-order valence-corrected chi connectivity index (χ3v) is 4.07. The Hall–Kier alpha value is -1.40. The molecular weight excluding hydrogens is 254 g/mol. The topological polar surface area (TPSA) is 64.6 Å². The number of methoxy groups -OCH3 is 2. The Morgan fingerprint density at radius 1 is 1.33 bits per heavy atom. The predicted octanol–water partition coefficient (Wildman–Crippen LogP) is 1.11. The van der Waals surface area contributed by atoms with E-state index in [1.54, 1.807) is 11.3 Å². The lowest BCUT2D eigenvalue weighted by Gasteiger charge is -2.15. The first kappa shape index (κ1) is 13.0. The maximum absolute atomic E-state index is 11.8. The summed E-state index contributed by atoms with van der Waals surface area (Å²) in [5.41, 5.74) is 0. The maximum Gasteiger partial charge on any atom is 0.322 e. The molecule has 0 amide bonds. The molecule has 0 saturated carbocycles. The molecule has 3 atom stereocenters. The molecule has 2 heterocycles. The minimum absolute atomic E-state index is 0.179. The number of ether oxygens (including phenoxy) is 2. The van der Waals surface area contributed by atoms with E-state index in [2.05, 4.69) is 5.32 Å². The maximum atomic E-state index is 11.8. The van der Waals surface area contributed by atoms with Crippen LogP contribution in [0.4, 0.5) is 0 Å². The van der Waals surface area contributed by atoms with Crippen molar-refractivity contribution in [3.63, 3.8) is 0 Å². The van der Waals surface area contributed by atoms with E-state index in [-0.39, 0.29) is 23.9 Å². The third-order valence-electron chi connectivity index (χ3n) is 3.11. The quantitative estimate of drug-likeness (QED) is 0.833. The Labute approximate surface area is 109 Å². The van der Waals surface area contributed by atoms with E-state index in [0.717, 1.165) is 4.88 Å². The van der Waals surface area contributed by atoms with Crippen molar-refractivity contribution in [2.45, 2.75) is 18.5 Å². The van der Waals surface area contributed by atoms with Gasteiger partial charge in [-0.25, -0.2) is 0 Å². The van der Waals surface area contributed by atoms with Crippen LogP contribution in [0.5, 0.6) is 0 Å². The van der Waals surface area contributed by atoms with E-state index >= 15 is 0 Å². The number of nitrogens with one attached hydrogen (secondary N) is 1. The van der Waals surface area contributed by atoms with Crippen LogP contribution >= 0.6 is 11.3 Å². The molecule has 0 aliphatic carbocycles. The number of hydrogen-bond acceptors (Lipinski definition) is 6. The Morgan fingerprint density at radius 2 is 2.06 bits per heavy atom. The number of carbonyl (C=O) groups is 2. The van der Waals surface area contributed by atoms with Gasteiger partial charge in [-0.2, -0.15) is 0 Å². The van der Waals surface area contributed by atoms with Crippen molar-refractivity contribution >= 4 is 23.3 Å². The lowest BCUT2D eigenvalue weighted by Crippen LogP contribution is -2.33. The molecule has 1 aromatic heterocycles. The minimum atomic E-state index is -0.453. The molecule has 1 fully saturated rings. The second-order valence-corrected chi connectivity index (χ2v) is 5.08. The number of carbonyl (C=O) groups excluding carboxylic acids is 2. The second-order valence-electron chi connectivity index (χ2n) is 4.10. The summed E-state index contributed by atoms with van der Waals surface area (Å²) in [6.45, 7) is 0. The van der Waals surface area contributed by atoms with Gasteiger partial charge in [-0.1, -0.05) is 6.07 Å². The molecule has 0 bridgehead atoms. The predicted molar refractivity (Wildman–Crippen MR) is 66.1 cm³/mol. The summed E-state index contributed by atoms with van der Waals surface area (Å²) in [5, 5.41) is 5.09. The molecule has 5 nitrogen and oxygen atoms in total. The molecule has 18 heavy (non-hydrogen) atoms. The van der Waals surface area contributed by atoms with E-state index < -0.39 is 6.04 Å². The van der Waals surface area contributed by atoms with Crippen LogP contribution in [-0.4, -0.2) is 32.2 Å². The Bertz CT molecular complexity index is 431. The number of thiophene rings is 1. The standard InChI is InChI=1S/C12H15NO4S/c1-16-11(14)7-6-8(12(15)17-2)13-10(7)9-4-3-5-18-9/h3-5,7-8,10,13H,6H2,1-2H3/t7-,8-,10+/m1/s1. The van der Waals surface area contributed by atoms with Gasteiger partial charge in [0.25, 0.3) is 0 Å². The second kappa shape index (κ2) is 5.49. The minimum Gasteiger partial charge on any atom is -0.469 e. The number of hydrogen-bond donors (Lipinski definition) is 1. The largest absolute Gasteiger partial charge is 0.469 e. The Balaban J connectivity index is 2.20. The van der Waals surface area contributed by atoms with Crippen molar-refractivity contribution in [2.24, 2.45) is 5.92 Å². The highest BCUT2D eigenvalue weighted by Crippen LogP contribution is 2.36. The monoisotopic (exact) mass is 269 g/mol. The van der Waals surface area contributed by atoms with Crippen LogP contribution in [0.3, 0.4) is 0 Å². The molecule has 1 aromatic rings. The summed E-state index contributed by atoms with van der Waals surface area (Å²) < 4.78 is 9.51. The molecule has 1 N–H and O–H groups in total. The van der Waals surface area contributed by atoms with Crippen LogP contribution in [-0.2, 0) is 19.1 Å². The summed E-state index contributed by atoms with van der Waals surface area (Å²) in [6, 6.07) is 3.23. The van der Waals surface area contributed by atoms with Gasteiger partial charge in [0.1, 0.15) is 6.04 Å². The van der Waals surface area contributed by atoms with Crippen molar-refractivity contribution < 1.29 is 19.1 Å². The summed E-state index contributed by atoms with van der Waals surface area (Å²) in [5.74, 6) is -0.993. The molecule has 0 unspecified atom stereocenters. The highest BCUT2D eigenvalue weighted by atomic mass is 32.1. The van der Waals surface area contributed by atoms with Crippen molar-refractivity contribution in [3.05, 3.63) is 22.4 Å². The zero-order chi connectivity index (χ0) is 13.1. The van der Waals surface area contributed by atoms with Gasteiger partial charge in [-0.3, -0.25) is 14.9 Å². The fourth-order valence-electron chi connectivity index (χ4n) is 2.23. The SMILES string of the molecule is COC(=O)[C@H]1C[C@@H](C(=O)OC)[C@@H](c2cccs2)N1. The summed E-state index contributed by atoms with van der Waals surface area (Å²) in [7, 11) is 2.70. The van der Waals surface area contributed by atoms with Gasteiger partial charge < -0.3 is 9.47 Å². The highest BCUT2D eigenvalue weighted by Gasteiger charge is 2.43. The van der Waals surface area contributed by atoms with Crippen LogP contribution in [0.15, 0.2) is 17.5 Å². The molecule has 0 spiro atoms. The lowest BCUT2D eigenvalue weighted by molar-refractivity contribution is -0.146. The fraction of sp³-hybridized carbons (Fsp3) is 0.500. The zero-order valence-electron chi connectivity index (χ0n) is 10.2. The van der Waals surface area contributed by atoms with E-state index in [1.807, 2.05) is 17.5 Å². The van der Waals surface area contributed by atoms with Crippen molar-refractivity contribution in [3.8, 4) is 0 Å². The van der Waals surface area contributed by atoms with Gasteiger partial charge in [-0.15, -0.1) is 11.3 Å². The highest BCUT2D eigenvalue weighted by molar-refractivity contribution is 7.10. The lowest BCUT2D eigenvalue weighted by atomic mass is 9.98. The van der Waals surface area contributed by atoms with Crippen LogP contribution in [0.1, 0.15) is 17.3 Å². The normalized spacial score (nSPS) is 26.9. The van der Waals surface area contributed by atoms with Crippen LogP contribution < -0.4 is 5.32 Å². The van der Waals surface area contributed by atoms with Crippen LogP contribution in [0.25, 0.3) is 0 Å². The van der Waals surface area contributed by atoms with E-state index in [4.69, 9.17) is 9.47 Å². The van der Waals surface area contributed by atoms with Crippen LogP contribution in [0, 0.1) is 5.92 Å². The Morgan fingerprint density at radius 3 is 2.61 bits per heavy atom. The van der Waals surface area contributed by atoms with Gasteiger partial charge in [0.05, 0.1) is 26.2 Å². The van der Waals surface area contributed by atoms with Crippen molar-refractivity contribution in [1.82, 2.24) is 5.32 Å². The van der Waals surface area contributed by atoms with Crippen molar-refractivity contribution in [1.29, 1.82) is 0 Å². The van der Waals surface area contributed by atoms with Gasteiger partial charge in [-0.05, 0) is 17.9 Å². The molecular formula is C12H15NO4S. The fourth-order valence-corrected chi connectivity index (χ4v) is 3.08. The van der Waals surface area contributed by atoms with Gasteiger partial charge in [0.15, 0.2) is 0 Å². The smallest absolute Gasteiger partial charge is 0.322 e. The Kier molecular flexibility index (Phi) is 3.98. The zero-order valence-corrected chi connectivity index (χ0v) is 11.0. The average molecular weight is 269 g/mol. The summed E-state index contributed by atoms with van der Waals surface area (Å²) in [6.07, 6.45) is 0.405. The summed E-state index contributed by atoms with van der Waals surface area (Å²) >= 11 is 1.55. The summed E-state index contributed by atoms with van der Waals surface area (Å²) in [4.78, 5) is 24.3. The molecule has 1 aliphatic rings. The van der Waals surface area contributed by atoms with Gasteiger partial charge in [0.2, 0.25) is 0 Å². The third kappa shape index (κ3) is 2.39. The van der Waals surface area contributed by atoms with E-state index in [9.17, 15) is 9.59 Å². The van der Waals surface area contributed by atoms with Gasteiger partial charge in [0, 0.05) is 4.88 Å². The van der Waals surface area contributed by atoms with E-state index in [1.165, 1.54) is 14.2 Å². The first-order chi connectivity index (χ1) is 8.67. The molecule has 1 aliphatic heterocycles. The average Bonchev–Trinajstić information content (AvgIpc) is 3.04. The molecule has 98 valence electrons. The first-order valence-corrected chi connectivity index (χ1v) is 6.50. The molecule has 0 aromatic carbocycles. The number of rotatable bonds is 3.